The van der Waals surface area contributed by atoms with Crippen LogP contribution in [0.15, 0.2) is 119 Å². The molecule has 1 atom stereocenters. The third-order valence-corrected chi connectivity index (χ3v) is 8.02. The summed E-state index contributed by atoms with van der Waals surface area (Å²) in [6.07, 6.45) is 4.96. The minimum absolute atomic E-state index is 0.0226. The van der Waals surface area contributed by atoms with E-state index in [1.807, 2.05) is 6.07 Å². The first kappa shape index (κ1) is 27.3. The number of hydrogen-bond acceptors (Lipinski definition) is 7. The largest absolute Gasteiger partial charge is 0.480 e. The van der Waals surface area contributed by atoms with Gasteiger partial charge in [-0.25, -0.2) is 23.0 Å². The molecule has 0 saturated carbocycles. The van der Waals surface area contributed by atoms with E-state index in [0.717, 1.165) is 10.8 Å². The molecule has 11 heteroatoms. The quantitative estimate of drug-likeness (QED) is 0.223. The van der Waals surface area contributed by atoms with Gasteiger partial charge in [-0.3, -0.25) is 4.98 Å². The molecule has 2 heterocycles. The van der Waals surface area contributed by atoms with Crippen LogP contribution in [-0.4, -0.2) is 41.5 Å². The van der Waals surface area contributed by atoms with E-state index in [4.69, 9.17) is 4.74 Å². The van der Waals surface area contributed by atoms with Crippen LogP contribution in [0, 0.1) is 0 Å². The lowest BCUT2D eigenvalue weighted by molar-refractivity contribution is -0.139. The number of nitrogens with zero attached hydrogens (tertiary/aromatic N) is 2. The fourth-order valence-electron chi connectivity index (χ4n) is 4.16. The zero-order valence-corrected chi connectivity index (χ0v) is 22.3. The molecule has 0 radical (unpaired) electrons. The molecule has 0 bridgehead atoms. The number of aromatic nitrogens is 2. The molecule has 2 amide bonds. The van der Waals surface area contributed by atoms with Crippen molar-refractivity contribution in [2.24, 2.45) is 0 Å². The van der Waals surface area contributed by atoms with Crippen LogP contribution in [0.2, 0.25) is 0 Å². The second kappa shape index (κ2) is 11.8. The summed E-state index contributed by atoms with van der Waals surface area (Å²) in [4.78, 5) is 33.1. The molecule has 5 aromatic rings. The first-order chi connectivity index (χ1) is 19.8. The molecule has 0 aliphatic carbocycles. The molecule has 0 unspecified atom stereocenters. The van der Waals surface area contributed by atoms with Crippen LogP contribution >= 0.6 is 0 Å². The van der Waals surface area contributed by atoms with Gasteiger partial charge in [-0.2, -0.15) is 0 Å². The Labute approximate surface area is 235 Å². The van der Waals surface area contributed by atoms with Gasteiger partial charge in [0.15, 0.2) is 0 Å². The van der Waals surface area contributed by atoms with E-state index >= 15 is 0 Å². The highest BCUT2D eigenvalue weighted by Crippen LogP contribution is 2.28. The van der Waals surface area contributed by atoms with Crippen LogP contribution in [0.1, 0.15) is 5.56 Å². The Morgan fingerprint density at radius 1 is 0.878 bits per heavy atom. The van der Waals surface area contributed by atoms with Gasteiger partial charge in [-0.15, -0.1) is 0 Å². The van der Waals surface area contributed by atoms with Gasteiger partial charge in [0, 0.05) is 35.8 Å². The van der Waals surface area contributed by atoms with Gasteiger partial charge in [0.25, 0.3) is 0 Å². The van der Waals surface area contributed by atoms with Gasteiger partial charge in [0.05, 0.1) is 15.5 Å². The topological polar surface area (TPSA) is 148 Å². The normalized spacial score (nSPS) is 11.9. The number of carbonyl (C=O) groups excluding carboxylic acids is 1. The number of urea groups is 1. The predicted octanol–water partition coefficient (Wildman–Crippen LogP) is 5.07. The number of fused-ring (bicyclic) bond motifs is 1. The van der Waals surface area contributed by atoms with Crippen LogP contribution in [-0.2, 0) is 21.1 Å². The Morgan fingerprint density at radius 3 is 2.37 bits per heavy atom. The van der Waals surface area contributed by atoms with E-state index in [-0.39, 0.29) is 21.9 Å². The summed E-state index contributed by atoms with van der Waals surface area (Å²) in [5.41, 5.74) is 0.657. The van der Waals surface area contributed by atoms with Crippen molar-refractivity contribution in [1.29, 1.82) is 0 Å². The average Bonchev–Trinajstić information content (AvgIpc) is 2.98. The van der Waals surface area contributed by atoms with Crippen molar-refractivity contribution in [3.8, 4) is 11.6 Å². The monoisotopic (exact) mass is 568 g/mol. The van der Waals surface area contributed by atoms with Crippen molar-refractivity contribution in [3.05, 3.63) is 115 Å². The molecule has 0 aliphatic rings. The number of aliphatic carboxylic acids is 1. The lowest BCUT2D eigenvalue weighted by Crippen LogP contribution is -2.44. The second-order valence-corrected chi connectivity index (χ2v) is 10.9. The number of carbonyl (C=O) groups is 2. The second-order valence-electron chi connectivity index (χ2n) is 8.96. The number of nitrogens with one attached hydrogen (secondary N) is 2. The Morgan fingerprint density at radius 2 is 1.61 bits per heavy atom. The van der Waals surface area contributed by atoms with Crippen molar-refractivity contribution in [2.75, 3.05) is 5.32 Å². The number of anilines is 1. The van der Waals surface area contributed by atoms with E-state index in [9.17, 15) is 23.1 Å². The van der Waals surface area contributed by atoms with E-state index in [0.29, 0.717) is 17.2 Å². The average molecular weight is 569 g/mol. The number of ether oxygens (including phenoxy) is 1. The number of sulfone groups is 1. The summed E-state index contributed by atoms with van der Waals surface area (Å²) in [6, 6.07) is 22.0. The van der Waals surface area contributed by atoms with Crippen molar-refractivity contribution >= 4 is 38.3 Å². The zero-order chi connectivity index (χ0) is 28.8. The van der Waals surface area contributed by atoms with Gasteiger partial charge in [-0.05, 0) is 54.1 Å². The zero-order valence-electron chi connectivity index (χ0n) is 21.5. The van der Waals surface area contributed by atoms with E-state index in [2.05, 4.69) is 20.6 Å². The fraction of sp³-hybridized carbons (Fsp3) is 0.0667. The number of para-hydroxylation sites is 1. The summed E-state index contributed by atoms with van der Waals surface area (Å²) >= 11 is 0. The molecule has 3 aromatic carbocycles. The molecule has 0 saturated heterocycles. The van der Waals surface area contributed by atoms with Crippen LogP contribution in [0.5, 0.6) is 11.6 Å². The molecular weight excluding hydrogens is 544 g/mol. The van der Waals surface area contributed by atoms with Crippen molar-refractivity contribution in [1.82, 2.24) is 15.3 Å². The molecule has 206 valence electrons. The lowest BCUT2D eigenvalue weighted by Gasteiger charge is -2.17. The van der Waals surface area contributed by atoms with Crippen molar-refractivity contribution < 1.29 is 27.9 Å². The Balaban J connectivity index is 1.26. The Bertz CT molecular complexity index is 1810. The van der Waals surface area contributed by atoms with E-state index in [1.165, 1.54) is 24.3 Å². The molecule has 0 fully saturated rings. The summed E-state index contributed by atoms with van der Waals surface area (Å²) in [5.74, 6) is -0.340. The van der Waals surface area contributed by atoms with Crippen LogP contribution < -0.4 is 15.4 Å². The number of pyridine rings is 2. The number of hydrogen-bond donors (Lipinski definition) is 3. The summed E-state index contributed by atoms with van der Waals surface area (Å²) < 4.78 is 32.2. The van der Waals surface area contributed by atoms with E-state index in [1.54, 1.807) is 79.3 Å². The number of amides is 2. The number of rotatable bonds is 9. The summed E-state index contributed by atoms with van der Waals surface area (Å²) in [6.45, 7) is 0. The number of carboxylic acid groups (broad SMARTS) is 1. The molecule has 10 nitrogen and oxygen atoms in total. The Kier molecular flexibility index (Phi) is 7.88. The molecule has 0 aliphatic heterocycles. The lowest BCUT2D eigenvalue weighted by atomic mass is 10.1. The van der Waals surface area contributed by atoms with Crippen molar-refractivity contribution in [2.45, 2.75) is 22.3 Å². The minimum Gasteiger partial charge on any atom is -0.480 e. The summed E-state index contributed by atoms with van der Waals surface area (Å²) in [7, 11) is -3.93. The first-order valence-corrected chi connectivity index (χ1v) is 13.9. The summed E-state index contributed by atoms with van der Waals surface area (Å²) in [5, 5.41) is 16.3. The molecular formula is C30H24N4O6S. The SMILES string of the molecule is O=C(Nc1ccccc1S(=O)(=O)c1ccccc1)N[C@@H](Cc1ccc(Oc2nccc3cnccc23)cc1)C(=O)O. The fourth-order valence-corrected chi connectivity index (χ4v) is 5.59. The van der Waals surface area contributed by atoms with E-state index < -0.39 is 27.9 Å². The molecule has 3 N–H and O–H groups in total. The molecule has 5 rings (SSSR count). The number of carboxylic acids is 1. The highest BCUT2D eigenvalue weighted by atomic mass is 32.2. The maximum atomic E-state index is 13.1. The van der Waals surface area contributed by atoms with Crippen LogP contribution in [0.4, 0.5) is 10.5 Å². The minimum atomic E-state index is -3.93. The first-order valence-electron chi connectivity index (χ1n) is 12.5. The molecule has 41 heavy (non-hydrogen) atoms. The van der Waals surface area contributed by atoms with Crippen LogP contribution in [0.25, 0.3) is 10.8 Å². The molecule has 2 aromatic heterocycles. The predicted molar refractivity (Wildman–Crippen MR) is 152 cm³/mol. The molecule has 0 spiro atoms. The van der Waals surface area contributed by atoms with Crippen LogP contribution in [0.3, 0.4) is 0 Å². The van der Waals surface area contributed by atoms with Gasteiger partial charge in [0.1, 0.15) is 11.8 Å². The van der Waals surface area contributed by atoms with Gasteiger partial charge in [-0.1, -0.05) is 42.5 Å². The highest BCUT2D eigenvalue weighted by Gasteiger charge is 2.24. The highest BCUT2D eigenvalue weighted by molar-refractivity contribution is 7.91. The smallest absolute Gasteiger partial charge is 0.326 e. The third-order valence-electron chi connectivity index (χ3n) is 6.19. The third kappa shape index (κ3) is 6.31. The van der Waals surface area contributed by atoms with Gasteiger partial charge in [0.2, 0.25) is 15.7 Å². The number of benzene rings is 3. The maximum Gasteiger partial charge on any atom is 0.326 e. The Hall–Kier alpha value is -5.29. The van der Waals surface area contributed by atoms with Crippen molar-refractivity contribution in [3.63, 3.8) is 0 Å². The maximum absolute atomic E-state index is 13.1. The van der Waals surface area contributed by atoms with Gasteiger partial charge < -0.3 is 20.5 Å². The standard InChI is InChI=1S/C30H24N4O6S/c35-29(36)26(18-20-10-12-22(13-11-20)40-28-24-15-16-31-19-21(24)14-17-32-28)34-30(37)33-25-8-4-5-9-27(25)41(38,39)23-6-2-1-3-7-23/h1-17,19,26H,18H2,(H,35,36)(H2,33,34,37)/t26-/m0/s1. The van der Waals surface area contributed by atoms with Gasteiger partial charge >= 0.3 is 12.0 Å².